The number of unbranched alkanes of at least 4 members (excludes halogenated alkanes) is 14. The Balaban J connectivity index is 1.58. The quantitative estimate of drug-likeness (QED) is 0.0620. The van der Waals surface area contributed by atoms with Crippen LogP contribution in [0.5, 0.6) is 0 Å². The largest absolute Gasteiger partial charge is 0.295 e. The van der Waals surface area contributed by atoms with Crippen LogP contribution in [0.3, 0.4) is 0 Å². The molecule has 0 aromatic heterocycles. The van der Waals surface area contributed by atoms with Gasteiger partial charge in [0.05, 0.1) is 0 Å². The molecule has 0 N–H and O–H groups in total. The van der Waals surface area contributed by atoms with Gasteiger partial charge in [-0.15, -0.1) is 11.8 Å². The first-order chi connectivity index (χ1) is 19.4. The van der Waals surface area contributed by atoms with E-state index < -0.39 is 0 Å². The minimum Gasteiger partial charge on any atom is -0.295 e. The summed E-state index contributed by atoms with van der Waals surface area (Å²) in [6, 6.07) is 12.9. The molecule has 0 amide bonds. The summed E-state index contributed by atoms with van der Waals surface area (Å²) in [6.45, 7) is 5.15. The molecule has 0 aliphatic carbocycles. The highest BCUT2D eigenvalue weighted by molar-refractivity contribution is 7.99. The number of allylic oxidation sites excluding steroid dienone is 1. The molecule has 3 nitrogen and oxygen atoms in total. The summed E-state index contributed by atoms with van der Waals surface area (Å²) in [5.74, 6) is 0.575. The van der Waals surface area contributed by atoms with Crippen LogP contribution in [0.4, 0.5) is 0 Å². The van der Waals surface area contributed by atoms with E-state index in [-0.39, 0.29) is 17.3 Å². The van der Waals surface area contributed by atoms with Gasteiger partial charge in [0, 0.05) is 21.6 Å². The van der Waals surface area contributed by atoms with Crippen LogP contribution in [0.1, 0.15) is 154 Å². The first-order valence-corrected chi connectivity index (χ1v) is 16.5. The van der Waals surface area contributed by atoms with Crippen molar-refractivity contribution in [3.8, 4) is 0 Å². The predicted molar refractivity (Wildman–Crippen MR) is 172 cm³/mol. The first kappa shape index (κ1) is 33.7. The second kappa shape index (κ2) is 20.4. The molecule has 40 heavy (non-hydrogen) atoms. The smallest absolute Gasteiger partial charge is 0.185 e. The molecule has 0 heterocycles. The number of Topliss-reactive ketones (excluding diaryl/α,β-unsaturated/α-hetero) is 2. The third kappa shape index (κ3) is 14.3. The van der Waals surface area contributed by atoms with Gasteiger partial charge in [-0.25, -0.2) is 0 Å². The van der Waals surface area contributed by atoms with Gasteiger partial charge in [0.1, 0.15) is 0 Å². The van der Waals surface area contributed by atoms with Crippen molar-refractivity contribution in [2.45, 2.75) is 122 Å². The van der Waals surface area contributed by atoms with Gasteiger partial charge in [0.15, 0.2) is 17.3 Å². The van der Waals surface area contributed by atoms with Crippen molar-refractivity contribution in [3.05, 3.63) is 70.8 Å². The summed E-state index contributed by atoms with van der Waals surface area (Å²) in [6.07, 6.45) is 24.1. The Bertz CT molecular complexity index is 1040. The highest BCUT2D eigenvalue weighted by Gasteiger charge is 2.11. The predicted octanol–water partition coefficient (Wildman–Crippen LogP) is 11.0. The zero-order chi connectivity index (χ0) is 29.0. The second-order valence-corrected chi connectivity index (χ2v) is 12.1. The van der Waals surface area contributed by atoms with Crippen molar-refractivity contribution in [1.82, 2.24) is 0 Å². The van der Waals surface area contributed by atoms with Crippen LogP contribution in [0.2, 0.25) is 0 Å². The molecule has 0 spiro atoms. The molecule has 0 saturated carbocycles. The summed E-state index contributed by atoms with van der Waals surface area (Å²) in [4.78, 5) is 37.5. The van der Waals surface area contributed by atoms with Gasteiger partial charge in [-0.3, -0.25) is 14.4 Å². The molecule has 0 unspecified atom stereocenters. The van der Waals surface area contributed by atoms with Gasteiger partial charge >= 0.3 is 0 Å². The van der Waals surface area contributed by atoms with Crippen LogP contribution >= 0.6 is 11.8 Å². The Kier molecular flexibility index (Phi) is 17.2. The Hall–Kier alpha value is -2.46. The minimum absolute atomic E-state index is 0.168. The van der Waals surface area contributed by atoms with Gasteiger partial charge in [0.2, 0.25) is 0 Å². The van der Waals surface area contributed by atoms with E-state index in [1.54, 1.807) is 24.3 Å². The number of rotatable bonds is 22. The molecule has 0 atom stereocenters. The Labute approximate surface area is 247 Å². The topological polar surface area (TPSA) is 51.2 Å². The molecule has 2 aromatic carbocycles. The average Bonchev–Trinajstić information content (AvgIpc) is 2.96. The van der Waals surface area contributed by atoms with Crippen molar-refractivity contribution in [2.75, 3.05) is 5.75 Å². The number of hydrogen-bond donors (Lipinski definition) is 0. The fourth-order valence-electron chi connectivity index (χ4n) is 4.78. The SMILES string of the molecule is CCCCCCCCCCCCCCCCCSc1ccc(C=CC(=O)c2cc(C(C)=O)cc(C(C)=O)c2)cc1. The van der Waals surface area contributed by atoms with Gasteiger partial charge in [-0.05, 0) is 68.0 Å². The van der Waals surface area contributed by atoms with Gasteiger partial charge in [0.25, 0.3) is 0 Å². The zero-order valence-electron chi connectivity index (χ0n) is 25.1. The third-order valence-corrected chi connectivity index (χ3v) is 8.45. The van der Waals surface area contributed by atoms with E-state index in [1.807, 2.05) is 23.9 Å². The molecule has 4 heteroatoms. The summed E-state index contributed by atoms with van der Waals surface area (Å²) in [7, 11) is 0. The van der Waals surface area contributed by atoms with E-state index in [9.17, 15) is 14.4 Å². The normalized spacial score (nSPS) is 11.3. The highest BCUT2D eigenvalue weighted by atomic mass is 32.2. The Morgan fingerprint density at radius 2 is 1.02 bits per heavy atom. The lowest BCUT2D eigenvalue weighted by atomic mass is 9.98. The average molecular weight is 563 g/mol. The van der Waals surface area contributed by atoms with Crippen molar-refractivity contribution < 1.29 is 14.4 Å². The summed E-state index contributed by atoms with van der Waals surface area (Å²) in [5, 5.41) is 0. The molecule has 0 bridgehead atoms. The molecule has 0 saturated heterocycles. The van der Waals surface area contributed by atoms with Crippen molar-refractivity contribution in [1.29, 1.82) is 0 Å². The zero-order valence-corrected chi connectivity index (χ0v) is 26.0. The maximum atomic E-state index is 12.7. The monoisotopic (exact) mass is 562 g/mol. The lowest BCUT2D eigenvalue weighted by Gasteiger charge is -2.05. The van der Waals surface area contributed by atoms with Crippen LogP contribution in [0.15, 0.2) is 53.4 Å². The van der Waals surface area contributed by atoms with Crippen LogP contribution in [0, 0.1) is 0 Å². The highest BCUT2D eigenvalue weighted by Crippen LogP contribution is 2.22. The molecule has 0 fully saturated rings. The van der Waals surface area contributed by atoms with Gasteiger partial charge in [-0.1, -0.05) is 115 Å². The van der Waals surface area contributed by atoms with E-state index in [0.717, 1.165) is 11.3 Å². The van der Waals surface area contributed by atoms with Crippen molar-refractivity contribution >= 4 is 35.2 Å². The van der Waals surface area contributed by atoms with E-state index >= 15 is 0 Å². The fourth-order valence-corrected chi connectivity index (χ4v) is 5.70. The maximum Gasteiger partial charge on any atom is 0.185 e. The van der Waals surface area contributed by atoms with E-state index in [0.29, 0.717) is 16.7 Å². The lowest BCUT2D eigenvalue weighted by Crippen LogP contribution is -2.04. The molecular formula is C36H50O3S. The maximum absolute atomic E-state index is 12.7. The Morgan fingerprint density at radius 1 is 0.600 bits per heavy atom. The first-order valence-electron chi connectivity index (χ1n) is 15.5. The van der Waals surface area contributed by atoms with E-state index in [4.69, 9.17) is 0 Å². The molecule has 2 rings (SSSR count). The number of carbonyl (C=O) groups excluding carboxylic acids is 3. The minimum atomic E-state index is -0.225. The fraction of sp³-hybridized carbons (Fsp3) is 0.528. The molecule has 0 radical (unpaired) electrons. The molecule has 218 valence electrons. The van der Waals surface area contributed by atoms with Crippen molar-refractivity contribution in [3.63, 3.8) is 0 Å². The molecular weight excluding hydrogens is 512 g/mol. The van der Waals surface area contributed by atoms with Crippen LogP contribution in [-0.2, 0) is 0 Å². The number of thioether (sulfide) groups is 1. The number of hydrogen-bond acceptors (Lipinski definition) is 4. The third-order valence-electron chi connectivity index (χ3n) is 7.35. The lowest BCUT2D eigenvalue weighted by molar-refractivity contribution is 0.101. The number of carbonyl (C=O) groups is 3. The summed E-state index contributed by atoms with van der Waals surface area (Å²) >= 11 is 1.89. The molecule has 0 aliphatic rings. The molecule has 0 aliphatic heterocycles. The summed E-state index contributed by atoms with van der Waals surface area (Å²) in [5.41, 5.74) is 2.05. The van der Waals surface area contributed by atoms with Crippen molar-refractivity contribution in [2.24, 2.45) is 0 Å². The van der Waals surface area contributed by atoms with Crippen LogP contribution in [0.25, 0.3) is 6.08 Å². The standard InChI is InChI=1S/C36H50O3S/c1-4-5-6-7-8-9-10-11-12-13-14-15-16-17-18-25-40-35-22-19-31(20-23-35)21-24-36(39)34-27-32(29(2)37)26-33(28-34)30(3)38/h19-24,26-28H,4-18,25H2,1-3H3. The van der Waals surface area contributed by atoms with Crippen LogP contribution in [-0.4, -0.2) is 23.1 Å². The van der Waals surface area contributed by atoms with Crippen LogP contribution < -0.4 is 0 Å². The summed E-state index contributed by atoms with van der Waals surface area (Å²) < 4.78 is 0. The van der Waals surface area contributed by atoms with Gasteiger partial charge < -0.3 is 0 Å². The van der Waals surface area contributed by atoms with Gasteiger partial charge in [-0.2, -0.15) is 0 Å². The Morgan fingerprint density at radius 3 is 1.48 bits per heavy atom. The second-order valence-electron chi connectivity index (χ2n) is 11.0. The van der Waals surface area contributed by atoms with E-state index in [2.05, 4.69) is 19.1 Å². The molecule has 2 aromatic rings. The number of ketones is 3. The number of benzene rings is 2. The van der Waals surface area contributed by atoms with E-state index in [1.165, 1.54) is 121 Å².